The Morgan fingerprint density at radius 1 is 1.88 bits per heavy atom. The van der Waals surface area contributed by atoms with E-state index in [1.165, 1.54) is 6.20 Å². The molecule has 0 aromatic rings. The molecule has 0 aromatic heterocycles. The lowest BCUT2D eigenvalue weighted by Crippen LogP contribution is -2.15. The van der Waals surface area contributed by atoms with Gasteiger partial charge in [-0.3, -0.25) is 5.21 Å². The van der Waals surface area contributed by atoms with E-state index in [4.69, 9.17) is 5.21 Å². The summed E-state index contributed by atoms with van der Waals surface area (Å²) in [5.41, 5.74) is 0. The number of aliphatic imine (C=N–C) groups is 1. The van der Waals surface area contributed by atoms with E-state index in [2.05, 4.69) is 4.99 Å². The van der Waals surface area contributed by atoms with Crippen LogP contribution in [-0.4, -0.2) is 22.9 Å². The van der Waals surface area contributed by atoms with Crippen molar-refractivity contribution < 1.29 is 9.60 Å². The molecule has 8 heavy (non-hydrogen) atoms. The zero-order valence-electron chi connectivity index (χ0n) is 4.08. The van der Waals surface area contributed by atoms with Crippen molar-refractivity contribution in [2.45, 2.75) is 0 Å². The molecule has 0 saturated heterocycles. The van der Waals surface area contributed by atoms with E-state index >= 15 is 0 Å². The summed E-state index contributed by atoms with van der Waals surface area (Å²) in [7, 11) is 0. The molecule has 1 rings (SSSR count). The van der Waals surface area contributed by atoms with Gasteiger partial charge in [-0.25, -0.2) is 10.1 Å². The minimum Gasteiger partial charge on any atom is -0.287 e. The summed E-state index contributed by atoms with van der Waals surface area (Å²) in [5, 5.41) is 9.29. The third kappa shape index (κ3) is 1.04. The van der Waals surface area contributed by atoms with Crippen LogP contribution in [-0.2, 0) is 0 Å². The molecule has 0 radical (unpaired) electrons. The Balaban J connectivity index is 2.58. The molecule has 1 N–H and O–H groups in total. The van der Waals surface area contributed by atoms with Crippen molar-refractivity contribution in [3.05, 3.63) is 12.3 Å². The Morgan fingerprint density at radius 2 is 2.62 bits per heavy atom. The Labute approximate surface area is 45.7 Å². The summed E-state index contributed by atoms with van der Waals surface area (Å²) in [6.45, 7) is -0.0116. The summed E-state index contributed by atoms with van der Waals surface area (Å²) < 4.78 is 11.9. The maximum atomic E-state index is 11.9. The molecular weight excluding hydrogens is 111 g/mol. The van der Waals surface area contributed by atoms with Crippen molar-refractivity contribution in [1.82, 2.24) is 5.06 Å². The van der Waals surface area contributed by atoms with E-state index in [0.717, 1.165) is 11.1 Å². The van der Waals surface area contributed by atoms with Gasteiger partial charge in [0.05, 0.1) is 0 Å². The molecule has 0 spiro atoms. The lowest BCUT2D eigenvalue weighted by atomic mass is 10.6. The first-order valence-electron chi connectivity index (χ1n) is 2.13. The fraction of sp³-hybridized carbons (Fsp3) is 0.250. The van der Waals surface area contributed by atoms with E-state index in [0.29, 0.717) is 0 Å². The van der Waals surface area contributed by atoms with Gasteiger partial charge in [0.1, 0.15) is 6.67 Å². The van der Waals surface area contributed by atoms with Crippen LogP contribution in [0.15, 0.2) is 17.3 Å². The molecule has 3 nitrogen and oxygen atoms in total. The van der Waals surface area contributed by atoms with Gasteiger partial charge in [0, 0.05) is 12.3 Å². The van der Waals surface area contributed by atoms with E-state index in [9.17, 15) is 4.39 Å². The minimum absolute atomic E-state index is 0.0116. The van der Waals surface area contributed by atoms with Crippen LogP contribution in [0, 0.1) is 0 Å². The average Bonchev–Trinajstić information content (AvgIpc) is 1.77. The van der Waals surface area contributed by atoms with Crippen molar-refractivity contribution in [2.24, 2.45) is 4.99 Å². The molecule has 0 saturated carbocycles. The van der Waals surface area contributed by atoms with E-state index in [1.807, 2.05) is 0 Å². The van der Waals surface area contributed by atoms with Gasteiger partial charge >= 0.3 is 0 Å². The number of hydrogen-bond donors (Lipinski definition) is 1. The molecule has 1 aliphatic heterocycles. The van der Waals surface area contributed by atoms with Crippen molar-refractivity contribution in [2.75, 3.05) is 6.67 Å². The zero-order chi connectivity index (χ0) is 5.98. The normalized spacial score (nSPS) is 18.8. The third-order valence-electron chi connectivity index (χ3n) is 0.751. The SMILES string of the molecule is ON1C=CC(F)=NC1. The molecule has 0 amide bonds. The zero-order valence-corrected chi connectivity index (χ0v) is 4.08. The van der Waals surface area contributed by atoms with Gasteiger partial charge in [-0.15, -0.1) is 0 Å². The van der Waals surface area contributed by atoms with Crippen molar-refractivity contribution >= 4 is 5.97 Å². The maximum absolute atomic E-state index is 11.9. The highest BCUT2D eigenvalue weighted by molar-refractivity contribution is 5.86. The fourth-order valence-electron chi connectivity index (χ4n) is 0.387. The first kappa shape index (κ1) is 5.24. The second-order valence-corrected chi connectivity index (χ2v) is 1.38. The van der Waals surface area contributed by atoms with Crippen LogP contribution in [0.5, 0.6) is 0 Å². The lowest BCUT2D eigenvalue weighted by molar-refractivity contribution is -0.0391. The van der Waals surface area contributed by atoms with E-state index in [1.54, 1.807) is 0 Å². The Bertz CT molecular complexity index is 143. The minimum atomic E-state index is -0.546. The second-order valence-electron chi connectivity index (χ2n) is 1.38. The van der Waals surface area contributed by atoms with Crippen LogP contribution in [0.4, 0.5) is 4.39 Å². The first-order valence-corrected chi connectivity index (χ1v) is 2.13. The first-order chi connectivity index (χ1) is 3.79. The largest absolute Gasteiger partial charge is 0.287 e. The van der Waals surface area contributed by atoms with Gasteiger partial charge in [0.2, 0.25) is 5.97 Å². The summed E-state index contributed by atoms with van der Waals surface area (Å²) in [6, 6.07) is 0. The van der Waals surface area contributed by atoms with Crippen molar-refractivity contribution in [3.63, 3.8) is 0 Å². The topological polar surface area (TPSA) is 35.8 Å². The molecule has 0 aromatic carbocycles. The monoisotopic (exact) mass is 116 g/mol. The maximum Gasteiger partial charge on any atom is 0.211 e. The molecule has 4 heteroatoms. The van der Waals surface area contributed by atoms with E-state index in [-0.39, 0.29) is 6.67 Å². The molecule has 0 fully saturated rings. The van der Waals surface area contributed by atoms with Crippen LogP contribution in [0.1, 0.15) is 0 Å². The Morgan fingerprint density at radius 3 is 3.00 bits per heavy atom. The van der Waals surface area contributed by atoms with Crippen molar-refractivity contribution in [3.8, 4) is 0 Å². The highest BCUT2D eigenvalue weighted by Crippen LogP contribution is 1.95. The smallest absolute Gasteiger partial charge is 0.211 e. The van der Waals surface area contributed by atoms with Gasteiger partial charge in [-0.2, -0.15) is 4.39 Å². The van der Waals surface area contributed by atoms with Crippen LogP contribution in [0.25, 0.3) is 0 Å². The van der Waals surface area contributed by atoms with Gasteiger partial charge in [0.25, 0.3) is 0 Å². The average molecular weight is 116 g/mol. The van der Waals surface area contributed by atoms with E-state index < -0.39 is 5.97 Å². The summed E-state index contributed by atoms with van der Waals surface area (Å²) in [6.07, 6.45) is 2.30. The summed E-state index contributed by atoms with van der Waals surface area (Å²) in [5.74, 6) is -0.546. The summed E-state index contributed by atoms with van der Waals surface area (Å²) >= 11 is 0. The van der Waals surface area contributed by atoms with Crippen LogP contribution in [0.3, 0.4) is 0 Å². The molecular formula is C4H5FN2O. The number of halogens is 1. The second kappa shape index (κ2) is 1.92. The molecule has 1 aliphatic rings. The quantitative estimate of drug-likeness (QED) is 0.501. The molecule has 0 unspecified atom stereocenters. The standard InChI is InChI=1S/C4H5FN2O/c5-4-1-2-7(8)3-6-4/h1-2,8H,3H2. The summed E-state index contributed by atoms with van der Waals surface area (Å²) in [4.78, 5) is 3.25. The van der Waals surface area contributed by atoms with Gasteiger partial charge in [-0.1, -0.05) is 0 Å². The van der Waals surface area contributed by atoms with Crippen molar-refractivity contribution in [1.29, 1.82) is 0 Å². The highest BCUT2D eigenvalue weighted by Gasteiger charge is 1.98. The Kier molecular flexibility index (Phi) is 1.26. The number of rotatable bonds is 0. The van der Waals surface area contributed by atoms with Gasteiger partial charge in [-0.05, 0) is 0 Å². The number of nitrogens with zero attached hydrogens (tertiary/aromatic N) is 2. The number of allylic oxidation sites excluding steroid dienone is 1. The fourth-order valence-corrected chi connectivity index (χ4v) is 0.387. The molecule has 1 heterocycles. The third-order valence-corrected chi connectivity index (χ3v) is 0.751. The molecule has 0 atom stereocenters. The predicted molar refractivity (Wildman–Crippen MR) is 26.2 cm³/mol. The van der Waals surface area contributed by atoms with Crippen LogP contribution < -0.4 is 0 Å². The number of hydroxylamine groups is 2. The van der Waals surface area contributed by atoms with Gasteiger partial charge < -0.3 is 0 Å². The van der Waals surface area contributed by atoms with Crippen LogP contribution in [0.2, 0.25) is 0 Å². The Hall–Kier alpha value is -0.900. The predicted octanol–water partition coefficient (Wildman–Crippen LogP) is 0.530. The molecule has 0 bridgehead atoms. The van der Waals surface area contributed by atoms with Crippen LogP contribution >= 0.6 is 0 Å². The highest BCUT2D eigenvalue weighted by atomic mass is 19.1. The lowest BCUT2D eigenvalue weighted by Gasteiger charge is -2.09. The number of hydrogen-bond acceptors (Lipinski definition) is 3. The molecule has 0 aliphatic carbocycles. The van der Waals surface area contributed by atoms with Gasteiger partial charge in [0.15, 0.2) is 0 Å². The molecule has 44 valence electrons.